The first kappa shape index (κ1) is 26.9. The van der Waals surface area contributed by atoms with Crippen LogP contribution in [0.25, 0.3) is 16.9 Å². The van der Waals surface area contributed by atoms with E-state index in [1.54, 1.807) is 39.3 Å². The predicted molar refractivity (Wildman–Crippen MR) is 145 cm³/mol. The molecule has 38 heavy (non-hydrogen) atoms. The summed E-state index contributed by atoms with van der Waals surface area (Å²) in [5.74, 6) is -0.742. The summed E-state index contributed by atoms with van der Waals surface area (Å²) in [6, 6.07) is 8.80. The molecule has 1 aliphatic carbocycles. The van der Waals surface area contributed by atoms with Crippen LogP contribution in [0.2, 0.25) is 0 Å². The Bertz CT molecular complexity index is 1420. The number of benzene rings is 1. The lowest BCUT2D eigenvalue weighted by molar-refractivity contribution is -0.165. The normalized spacial score (nSPS) is 23.7. The lowest BCUT2D eigenvalue weighted by Gasteiger charge is -2.41. The van der Waals surface area contributed by atoms with Crippen molar-refractivity contribution in [3.8, 4) is 17.0 Å². The highest BCUT2D eigenvalue weighted by Crippen LogP contribution is 2.43. The molecule has 1 saturated heterocycles. The monoisotopic (exact) mass is 609 g/mol. The zero-order chi connectivity index (χ0) is 27.1. The van der Waals surface area contributed by atoms with E-state index in [9.17, 15) is 22.5 Å². The van der Waals surface area contributed by atoms with Gasteiger partial charge in [-0.05, 0) is 53.7 Å². The molecule has 0 bridgehead atoms. The Morgan fingerprint density at radius 3 is 2.68 bits per heavy atom. The topological polar surface area (TPSA) is 82.8 Å². The molecule has 0 saturated carbocycles. The highest BCUT2D eigenvalue weighted by molar-refractivity contribution is 9.10. The molecular weight excluding hydrogens is 583 g/mol. The molecule has 3 atom stereocenters. The number of para-hydroxylation sites is 1. The summed E-state index contributed by atoms with van der Waals surface area (Å²) in [4.78, 5) is 4.65. The van der Waals surface area contributed by atoms with Crippen LogP contribution in [-0.2, 0) is 11.0 Å². The average Bonchev–Trinajstić information content (AvgIpc) is 3.27. The number of aromatic nitrogens is 3. The Labute approximate surface area is 229 Å². The lowest BCUT2D eigenvalue weighted by atomic mass is 9.88. The van der Waals surface area contributed by atoms with Gasteiger partial charge in [-0.3, -0.25) is 0 Å². The Kier molecular flexibility index (Phi) is 7.40. The van der Waals surface area contributed by atoms with Crippen molar-refractivity contribution in [1.29, 1.82) is 0 Å². The Morgan fingerprint density at radius 1 is 1.24 bits per heavy atom. The summed E-state index contributed by atoms with van der Waals surface area (Å²) in [6.07, 6.45) is 4.00. The zero-order valence-electron chi connectivity index (χ0n) is 20.5. The number of phenolic OH excluding ortho intramolecular Hbond substituents is 1. The van der Waals surface area contributed by atoms with Gasteiger partial charge in [0.2, 0.25) is 0 Å². The number of rotatable bonds is 6. The summed E-state index contributed by atoms with van der Waals surface area (Å²) >= 11 is 3.48. The van der Waals surface area contributed by atoms with Crippen LogP contribution in [0.3, 0.4) is 0 Å². The highest BCUT2D eigenvalue weighted by atomic mass is 79.9. The number of halogens is 4. The molecule has 2 aromatic heterocycles. The van der Waals surface area contributed by atoms with Crippen LogP contribution in [0, 0.1) is 11.8 Å². The number of alkyl halides is 3. The second-order valence-electron chi connectivity index (χ2n) is 9.72. The largest absolute Gasteiger partial charge is 0.507 e. The van der Waals surface area contributed by atoms with Gasteiger partial charge in [-0.25, -0.2) is 13.5 Å². The molecule has 202 valence electrons. The molecule has 2 aliphatic rings. The number of piperidine rings is 1. The Morgan fingerprint density at radius 2 is 1.97 bits per heavy atom. The van der Waals surface area contributed by atoms with Crippen molar-refractivity contribution in [1.82, 2.24) is 18.9 Å². The fourth-order valence-corrected chi connectivity index (χ4v) is 7.09. The van der Waals surface area contributed by atoms with Crippen molar-refractivity contribution in [3.05, 3.63) is 65.3 Å². The quantitative estimate of drug-likeness (QED) is 0.374. The number of hydrogen-bond acceptors (Lipinski definition) is 5. The fraction of sp³-hybridized carbons (Fsp3) is 0.385. The van der Waals surface area contributed by atoms with Crippen molar-refractivity contribution < 1.29 is 22.5 Å². The standard InChI is InChI=1S/C26H27BrF3N5O2S/c1-25(11-5-4-8-22(25)26(28,29)30)38(37)34-12-9-17(10-13-34)15-31-23-14-20(18-6-2-3-7-21(18)36)33-24-19(27)16-32-35(23)24/h2-8,11,14,16-17,22,31,36H,9-10,12-13,15H2,1H3. The molecule has 1 aromatic carbocycles. The van der Waals surface area contributed by atoms with E-state index in [1.165, 1.54) is 19.1 Å². The van der Waals surface area contributed by atoms with Crippen molar-refractivity contribution in [2.75, 3.05) is 25.0 Å². The van der Waals surface area contributed by atoms with E-state index in [-0.39, 0.29) is 11.7 Å². The van der Waals surface area contributed by atoms with E-state index in [4.69, 9.17) is 0 Å². The number of anilines is 1. The minimum Gasteiger partial charge on any atom is -0.507 e. The molecule has 3 unspecified atom stereocenters. The molecular formula is C26H27BrF3N5O2S. The van der Waals surface area contributed by atoms with Crippen LogP contribution in [0.5, 0.6) is 5.75 Å². The van der Waals surface area contributed by atoms with E-state index in [0.29, 0.717) is 59.7 Å². The van der Waals surface area contributed by atoms with Gasteiger partial charge in [0, 0.05) is 31.3 Å². The molecule has 3 heterocycles. The van der Waals surface area contributed by atoms with Crippen molar-refractivity contribution in [3.63, 3.8) is 0 Å². The number of aromatic hydroxyl groups is 1. The third-order valence-electron chi connectivity index (χ3n) is 7.18. The number of fused-ring (bicyclic) bond motifs is 1. The SMILES string of the molecule is CC1(S(=O)N2CCC(CNc3cc(-c4ccccc4O)nc4c(Br)cnn34)CC2)C=CC=CC1C(F)(F)F. The van der Waals surface area contributed by atoms with Gasteiger partial charge >= 0.3 is 6.18 Å². The van der Waals surface area contributed by atoms with Gasteiger partial charge in [0.1, 0.15) is 22.6 Å². The van der Waals surface area contributed by atoms with E-state index in [2.05, 4.69) is 31.3 Å². The molecule has 5 rings (SSSR count). The summed E-state index contributed by atoms with van der Waals surface area (Å²) < 4.78 is 56.9. The van der Waals surface area contributed by atoms with Gasteiger partial charge in [-0.1, -0.05) is 36.4 Å². The van der Waals surface area contributed by atoms with Crippen LogP contribution in [0.1, 0.15) is 19.8 Å². The van der Waals surface area contributed by atoms with Gasteiger partial charge in [-0.2, -0.15) is 22.8 Å². The fourth-order valence-electron chi connectivity index (χ4n) is 5.01. The average molecular weight is 611 g/mol. The van der Waals surface area contributed by atoms with Crippen LogP contribution >= 0.6 is 15.9 Å². The molecule has 0 amide bonds. The minimum absolute atomic E-state index is 0.121. The minimum atomic E-state index is -4.47. The van der Waals surface area contributed by atoms with E-state index >= 15 is 0 Å². The first-order valence-electron chi connectivity index (χ1n) is 12.2. The molecule has 2 N–H and O–H groups in total. The van der Waals surface area contributed by atoms with Crippen molar-refractivity contribution >= 4 is 38.4 Å². The van der Waals surface area contributed by atoms with E-state index in [0.717, 1.165) is 6.08 Å². The molecule has 12 heteroatoms. The van der Waals surface area contributed by atoms with Crippen LogP contribution < -0.4 is 5.32 Å². The third-order valence-corrected chi connectivity index (χ3v) is 9.71. The smallest absolute Gasteiger partial charge is 0.396 e. The summed E-state index contributed by atoms with van der Waals surface area (Å²) in [5.41, 5.74) is 1.78. The molecule has 0 radical (unpaired) electrons. The second kappa shape index (κ2) is 10.5. The third kappa shape index (κ3) is 5.13. The van der Waals surface area contributed by atoms with Crippen LogP contribution in [-0.4, -0.2) is 58.8 Å². The zero-order valence-corrected chi connectivity index (χ0v) is 22.9. The van der Waals surface area contributed by atoms with E-state index < -0.39 is 27.8 Å². The highest BCUT2D eigenvalue weighted by Gasteiger charge is 2.53. The lowest BCUT2D eigenvalue weighted by Crippen LogP contribution is -2.52. The molecule has 0 spiro atoms. The maximum atomic E-state index is 13.7. The van der Waals surface area contributed by atoms with Crippen molar-refractivity contribution in [2.45, 2.75) is 30.7 Å². The van der Waals surface area contributed by atoms with Crippen molar-refractivity contribution in [2.24, 2.45) is 11.8 Å². The number of phenols is 1. The maximum absolute atomic E-state index is 13.7. The van der Waals surface area contributed by atoms with Gasteiger partial charge in [-0.15, -0.1) is 0 Å². The van der Waals surface area contributed by atoms with Crippen LogP contribution in [0.4, 0.5) is 19.0 Å². The van der Waals surface area contributed by atoms with Gasteiger partial charge in [0.25, 0.3) is 0 Å². The molecule has 3 aromatic rings. The van der Waals surface area contributed by atoms with Gasteiger partial charge in [0.05, 0.1) is 27.0 Å². The molecule has 1 fully saturated rings. The van der Waals surface area contributed by atoms with Gasteiger partial charge < -0.3 is 10.4 Å². The number of hydrogen-bond donors (Lipinski definition) is 2. The van der Waals surface area contributed by atoms with Crippen LogP contribution in [0.15, 0.2) is 65.3 Å². The first-order chi connectivity index (χ1) is 18.1. The summed E-state index contributed by atoms with van der Waals surface area (Å²) in [5, 5.41) is 18.2. The second-order valence-corrected chi connectivity index (χ2v) is 12.5. The number of nitrogens with zero attached hydrogens (tertiary/aromatic N) is 4. The predicted octanol–water partition coefficient (Wildman–Crippen LogP) is 5.72. The summed E-state index contributed by atoms with van der Waals surface area (Å²) in [6.45, 7) is 2.91. The Hall–Kier alpha value is -2.70. The Balaban J connectivity index is 1.27. The van der Waals surface area contributed by atoms with Gasteiger partial charge in [0.15, 0.2) is 5.65 Å². The maximum Gasteiger partial charge on any atom is 0.396 e. The molecule has 1 aliphatic heterocycles. The van der Waals surface area contributed by atoms with E-state index in [1.807, 2.05) is 12.1 Å². The number of allylic oxidation sites excluding steroid dienone is 3. The molecule has 7 nitrogen and oxygen atoms in total. The number of nitrogens with one attached hydrogen (secondary N) is 1. The first-order valence-corrected chi connectivity index (χ1v) is 14.1. The summed E-state index contributed by atoms with van der Waals surface area (Å²) in [7, 11) is -1.83.